The molecule has 0 unspecified atom stereocenters. The van der Waals surface area contributed by atoms with Gasteiger partial charge in [0.2, 0.25) is 0 Å². The summed E-state index contributed by atoms with van der Waals surface area (Å²) in [7, 11) is -3.70. The van der Waals surface area contributed by atoms with E-state index in [2.05, 4.69) is 4.72 Å². The Morgan fingerprint density at radius 2 is 2.00 bits per heavy atom. The lowest BCUT2D eigenvalue weighted by Gasteiger charge is -2.09. The minimum atomic E-state index is -3.70. The molecule has 0 aliphatic carbocycles. The molecule has 9 heteroatoms. The van der Waals surface area contributed by atoms with Crippen LogP contribution < -0.4 is 20.9 Å². The topological polar surface area (TPSA) is 148 Å². The highest BCUT2D eigenvalue weighted by atomic mass is 32.2. The first-order chi connectivity index (χ1) is 6.39. The van der Waals surface area contributed by atoms with Crippen LogP contribution in [0.5, 0.6) is 0 Å². The molecule has 14 heavy (non-hydrogen) atoms. The number of nitrogens with two attached hydrogens (primary N) is 2. The molecule has 7 N–H and O–H groups in total. The monoisotopic (exact) mass is 226 g/mol. The van der Waals surface area contributed by atoms with Crippen LogP contribution in [-0.4, -0.2) is 45.2 Å². The average Bonchev–Trinajstić information content (AvgIpc) is 2.11. The summed E-state index contributed by atoms with van der Waals surface area (Å²) in [4.78, 5) is 10.2. The van der Waals surface area contributed by atoms with E-state index >= 15 is 0 Å². The Balaban J connectivity index is 3.93. The molecular weight excluding hydrogens is 212 g/mol. The first kappa shape index (κ1) is 13.3. The summed E-state index contributed by atoms with van der Waals surface area (Å²) in [5, 5.41) is 8.35. The molecule has 0 saturated heterocycles. The van der Waals surface area contributed by atoms with Crippen molar-refractivity contribution < 1.29 is 18.3 Å². The Morgan fingerprint density at radius 3 is 2.43 bits per heavy atom. The number of nitrogens with one attached hydrogen (secondary N) is 2. The summed E-state index contributed by atoms with van der Waals surface area (Å²) in [6, 6.07) is -1.26. The van der Waals surface area contributed by atoms with Crippen molar-refractivity contribution in [2.45, 2.75) is 6.04 Å². The Labute approximate surface area is 81.8 Å². The van der Waals surface area contributed by atoms with Gasteiger partial charge in [0.15, 0.2) is 0 Å². The molecule has 1 atom stereocenters. The van der Waals surface area contributed by atoms with Gasteiger partial charge in [0.1, 0.15) is 6.04 Å². The van der Waals surface area contributed by atoms with Crippen LogP contribution in [0.1, 0.15) is 0 Å². The molecule has 0 bridgehead atoms. The number of carbonyl (C=O) groups is 1. The van der Waals surface area contributed by atoms with Crippen molar-refractivity contribution in [3.05, 3.63) is 0 Å². The van der Waals surface area contributed by atoms with Gasteiger partial charge in [-0.15, -0.1) is 0 Å². The fourth-order valence-corrected chi connectivity index (χ4v) is 1.42. The van der Waals surface area contributed by atoms with Crippen molar-refractivity contribution in [2.24, 2.45) is 11.5 Å². The van der Waals surface area contributed by atoms with Gasteiger partial charge in [-0.1, -0.05) is 0 Å². The van der Waals surface area contributed by atoms with E-state index < -0.39 is 22.2 Å². The zero-order chi connectivity index (χ0) is 11.2. The average molecular weight is 226 g/mol. The van der Waals surface area contributed by atoms with Crippen molar-refractivity contribution in [3.63, 3.8) is 0 Å². The lowest BCUT2D eigenvalue weighted by molar-refractivity contribution is -0.138. The minimum absolute atomic E-state index is 0.0810. The van der Waals surface area contributed by atoms with Crippen LogP contribution in [0.15, 0.2) is 0 Å². The van der Waals surface area contributed by atoms with E-state index in [0.29, 0.717) is 0 Å². The summed E-state index contributed by atoms with van der Waals surface area (Å²) < 4.78 is 26.0. The van der Waals surface area contributed by atoms with E-state index in [-0.39, 0.29) is 19.6 Å². The molecule has 8 nitrogen and oxygen atoms in total. The second-order valence-electron chi connectivity index (χ2n) is 2.48. The van der Waals surface area contributed by atoms with Gasteiger partial charge >= 0.3 is 5.97 Å². The zero-order valence-corrected chi connectivity index (χ0v) is 8.25. The maximum atomic E-state index is 11.0. The molecule has 0 heterocycles. The Bertz CT molecular complexity index is 277. The van der Waals surface area contributed by atoms with Gasteiger partial charge in [0, 0.05) is 19.6 Å². The van der Waals surface area contributed by atoms with Crippen molar-refractivity contribution in [2.75, 3.05) is 19.6 Å². The molecule has 0 aromatic rings. The lowest BCUT2D eigenvalue weighted by atomic mass is 10.3. The van der Waals surface area contributed by atoms with E-state index in [0.717, 1.165) is 0 Å². The Kier molecular flexibility index (Phi) is 5.57. The highest BCUT2D eigenvalue weighted by Crippen LogP contribution is 1.79. The van der Waals surface area contributed by atoms with Gasteiger partial charge in [0.05, 0.1) is 0 Å². The molecule has 0 aromatic heterocycles. The van der Waals surface area contributed by atoms with Crippen LogP contribution >= 0.6 is 0 Å². The van der Waals surface area contributed by atoms with E-state index in [1.165, 1.54) is 0 Å². The summed E-state index contributed by atoms with van der Waals surface area (Å²) in [6.45, 7) is -0.126. The van der Waals surface area contributed by atoms with Gasteiger partial charge < -0.3 is 16.6 Å². The van der Waals surface area contributed by atoms with E-state index in [1.54, 1.807) is 0 Å². The Hall–Kier alpha value is -0.740. The van der Waals surface area contributed by atoms with Crippen LogP contribution in [0.3, 0.4) is 0 Å². The van der Waals surface area contributed by atoms with Crippen LogP contribution in [0.2, 0.25) is 0 Å². The van der Waals surface area contributed by atoms with Gasteiger partial charge in [-0.3, -0.25) is 4.79 Å². The highest BCUT2D eigenvalue weighted by molar-refractivity contribution is 7.87. The molecule has 0 aliphatic heterocycles. The summed E-state index contributed by atoms with van der Waals surface area (Å²) >= 11 is 0. The molecule has 0 aliphatic rings. The molecule has 0 rings (SSSR count). The van der Waals surface area contributed by atoms with E-state index in [4.69, 9.17) is 16.6 Å². The maximum absolute atomic E-state index is 11.0. The summed E-state index contributed by atoms with van der Waals surface area (Å²) in [5.74, 6) is -1.27. The maximum Gasteiger partial charge on any atom is 0.321 e. The quantitative estimate of drug-likeness (QED) is 0.308. The molecule has 0 radical (unpaired) electrons. The zero-order valence-electron chi connectivity index (χ0n) is 7.43. The third kappa shape index (κ3) is 5.83. The van der Waals surface area contributed by atoms with Gasteiger partial charge in [-0.25, -0.2) is 9.44 Å². The normalized spacial score (nSPS) is 13.9. The van der Waals surface area contributed by atoms with Crippen LogP contribution in [0.25, 0.3) is 0 Å². The van der Waals surface area contributed by atoms with Crippen molar-refractivity contribution in [1.82, 2.24) is 9.44 Å². The number of aliphatic carboxylic acids is 1. The van der Waals surface area contributed by atoms with Crippen LogP contribution in [0.4, 0.5) is 0 Å². The van der Waals surface area contributed by atoms with Crippen molar-refractivity contribution in [3.8, 4) is 0 Å². The molecule has 0 fully saturated rings. The summed E-state index contributed by atoms with van der Waals surface area (Å²) in [6.07, 6.45) is 0. The van der Waals surface area contributed by atoms with Gasteiger partial charge in [0.25, 0.3) is 10.2 Å². The fourth-order valence-electron chi connectivity index (χ4n) is 0.531. The number of carboxylic acid groups (broad SMARTS) is 1. The fraction of sp³-hybridized carbons (Fsp3) is 0.800. The van der Waals surface area contributed by atoms with Gasteiger partial charge in [-0.05, 0) is 0 Å². The smallest absolute Gasteiger partial charge is 0.321 e. The highest BCUT2D eigenvalue weighted by Gasteiger charge is 2.15. The molecule has 84 valence electrons. The first-order valence-electron chi connectivity index (χ1n) is 3.81. The van der Waals surface area contributed by atoms with Crippen LogP contribution in [-0.2, 0) is 15.0 Å². The largest absolute Gasteiger partial charge is 0.480 e. The van der Waals surface area contributed by atoms with Crippen molar-refractivity contribution in [1.29, 1.82) is 0 Å². The predicted molar refractivity (Wildman–Crippen MR) is 49.6 cm³/mol. The molecule has 0 saturated carbocycles. The summed E-state index contributed by atoms with van der Waals surface area (Å²) in [5.41, 5.74) is 10.1. The number of hydrogen-bond acceptors (Lipinski definition) is 5. The molecule has 0 aromatic carbocycles. The standard InChI is InChI=1S/C5H14N4O4S/c6-1-2-8-14(12,13)9-3-4(7)5(10)11/h4,8-9H,1-3,6-7H2,(H,10,11)/t4-/m0/s1. The first-order valence-corrected chi connectivity index (χ1v) is 5.30. The predicted octanol–water partition coefficient (Wildman–Crippen LogP) is -3.22. The van der Waals surface area contributed by atoms with E-state index in [1.807, 2.05) is 4.72 Å². The second kappa shape index (κ2) is 5.88. The number of rotatable bonds is 7. The van der Waals surface area contributed by atoms with Crippen molar-refractivity contribution >= 4 is 16.2 Å². The second-order valence-corrected chi connectivity index (χ2v) is 4.06. The van der Waals surface area contributed by atoms with E-state index in [9.17, 15) is 13.2 Å². The third-order valence-electron chi connectivity index (χ3n) is 1.25. The minimum Gasteiger partial charge on any atom is -0.480 e. The number of hydrogen-bond donors (Lipinski definition) is 5. The number of carboxylic acids is 1. The SMILES string of the molecule is NCCNS(=O)(=O)NC[C@H](N)C(=O)O. The molecule has 0 spiro atoms. The third-order valence-corrected chi connectivity index (χ3v) is 2.38. The lowest BCUT2D eigenvalue weighted by Crippen LogP contribution is -2.46. The van der Waals surface area contributed by atoms with Crippen LogP contribution in [0, 0.1) is 0 Å². The van der Waals surface area contributed by atoms with Gasteiger partial charge in [-0.2, -0.15) is 8.42 Å². The molecular formula is C5H14N4O4S. The Morgan fingerprint density at radius 1 is 1.43 bits per heavy atom. The molecule has 0 amide bonds.